The summed E-state index contributed by atoms with van der Waals surface area (Å²) in [6.45, 7) is -0.738. The van der Waals surface area contributed by atoms with E-state index in [-0.39, 0.29) is 25.1 Å². The normalized spacial score (nSPS) is 16.6. The monoisotopic (exact) mass is 525 g/mol. The smallest absolute Gasteiger partial charge is 0.326 e. The zero-order chi connectivity index (χ0) is 28.4. The molecule has 2 aromatic carbocycles. The van der Waals surface area contributed by atoms with Crippen LogP contribution in [-0.2, 0) is 36.8 Å². The number of hydrogen-bond donors (Lipinski definition) is 5. The van der Waals surface area contributed by atoms with Crippen LogP contribution in [0.25, 0.3) is 0 Å². The van der Waals surface area contributed by atoms with Crippen LogP contribution >= 0.6 is 0 Å². The Morgan fingerprint density at radius 3 is 2.29 bits per heavy atom. The molecule has 11 heteroatoms. The van der Waals surface area contributed by atoms with Crippen LogP contribution in [0.15, 0.2) is 54.6 Å². The van der Waals surface area contributed by atoms with E-state index in [1.807, 2.05) is 0 Å². The molecule has 3 atom stereocenters. The molecule has 0 bridgehead atoms. The van der Waals surface area contributed by atoms with Crippen LogP contribution in [-0.4, -0.2) is 75.9 Å². The molecule has 11 nitrogen and oxygen atoms in total. The summed E-state index contributed by atoms with van der Waals surface area (Å²) in [5, 5.41) is 26.5. The largest absolute Gasteiger partial charge is 0.508 e. The summed E-state index contributed by atoms with van der Waals surface area (Å²) >= 11 is 0. The molecule has 0 aromatic heterocycles. The molecule has 1 saturated heterocycles. The lowest BCUT2D eigenvalue weighted by Crippen LogP contribution is -2.54. The Kier molecular flexibility index (Phi) is 9.27. The Morgan fingerprint density at radius 1 is 0.974 bits per heavy atom. The number of phenolic OH excluding ortho intramolecular Hbond substituents is 1. The Labute approximate surface area is 221 Å². The number of aliphatic carboxylic acids is 1. The number of carbonyl (C=O) groups excluding carboxylic acids is 4. The summed E-state index contributed by atoms with van der Waals surface area (Å²) < 4.78 is 7.22. The summed E-state index contributed by atoms with van der Waals surface area (Å²) in [7, 11) is 0. The van der Waals surface area contributed by atoms with E-state index in [4.69, 9.17) is 1.37 Å². The van der Waals surface area contributed by atoms with Gasteiger partial charge in [0.15, 0.2) is 0 Å². The van der Waals surface area contributed by atoms with E-state index in [1.165, 1.54) is 17.0 Å². The second kappa shape index (κ2) is 13.2. The average Bonchev–Trinajstić information content (AvgIpc) is 3.43. The number of carboxylic acids is 1. The Balaban J connectivity index is 1.59. The number of aromatic hydroxyl groups is 1. The van der Waals surface area contributed by atoms with E-state index in [1.54, 1.807) is 42.5 Å². The topological polar surface area (TPSA) is 165 Å². The number of rotatable bonds is 11. The molecule has 3 rings (SSSR count). The number of amides is 4. The number of carbonyl (C=O) groups is 5. The van der Waals surface area contributed by atoms with Gasteiger partial charge in [0.1, 0.15) is 23.9 Å². The highest BCUT2D eigenvalue weighted by Gasteiger charge is 2.36. The number of hydrogen-bond acceptors (Lipinski definition) is 6. The van der Waals surface area contributed by atoms with Crippen LogP contribution in [0.4, 0.5) is 0 Å². The van der Waals surface area contributed by atoms with Gasteiger partial charge in [-0.25, -0.2) is 4.79 Å². The zero-order valence-corrected chi connectivity index (χ0v) is 20.8. The van der Waals surface area contributed by atoms with Gasteiger partial charge in [-0.1, -0.05) is 42.5 Å². The minimum absolute atomic E-state index is 0.0412. The second-order valence-electron chi connectivity index (χ2n) is 9.04. The van der Waals surface area contributed by atoms with Gasteiger partial charge in [-0.05, 0) is 36.1 Å². The first-order chi connectivity index (χ1) is 18.7. The second-order valence-corrected chi connectivity index (χ2v) is 9.04. The van der Waals surface area contributed by atoms with E-state index in [0.29, 0.717) is 18.4 Å². The summed E-state index contributed by atoms with van der Waals surface area (Å²) in [5.74, 6) is -3.56. The van der Waals surface area contributed by atoms with E-state index < -0.39 is 61.2 Å². The first kappa shape index (κ1) is 26.6. The molecular weight excluding hydrogens is 492 g/mol. The lowest BCUT2D eigenvalue weighted by Gasteiger charge is -2.26. The van der Waals surface area contributed by atoms with Crippen LogP contribution in [0.2, 0.25) is 0 Å². The molecule has 38 heavy (non-hydrogen) atoms. The van der Waals surface area contributed by atoms with Crippen molar-refractivity contribution in [3.05, 3.63) is 65.7 Å². The fourth-order valence-corrected chi connectivity index (χ4v) is 4.31. The maximum absolute atomic E-state index is 13.0. The molecule has 0 radical (unpaired) electrons. The van der Waals surface area contributed by atoms with Gasteiger partial charge >= 0.3 is 5.97 Å². The number of phenols is 1. The number of likely N-dealkylation sites (tertiary alicyclic amines) is 1. The number of nitrogens with one attached hydrogen (secondary N) is 3. The van der Waals surface area contributed by atoms with Crippen molar-refractivity contribution >= 4 is 29.6 Å². The SMILES string of the molecule is [2H]CC(=O)N[C@@H](Cc1ccc(O)cc1)C(=O)NCC(=O)N1CCC[C@H]1C(=O)N[C@H](Cc1ccccc1)C(=O)O. The van der Waals surface area contributed by atoms with Gasteiger partial charge in [0, 0.05) is 27.7 Å². The summed E-state index contributed by atoms with van der Waals surface area (Å²) in [4.78, 5) is 63.6. The van der Waals surface area contributed by atoms with Crippen molar-refractivity contribution in [3.63, 3.8) is 0 Å². The van der Waals surface area contributed by atoms with Crippen molar-refractivity contribution in [2.75, 3.05) is 13.1 Å². The molecule has 0 unspecified atom stereocenters. The molecule has 1 aliphatic rings. The molecule has 0 spiro atoms. The lowest BCUT2D eigenvalue weighted by molar-refractivity contribution is -0.144. The first-order valence-electron chi connectivity index (χ1n) is 12.9. The molecule has 0 saturated carbocycles. The third-order valence-electron chi connectivity index (χ3n) is 6.21. The molecule has 1 fully saturated rings. The van der Waals surface area contributed by atoms with Gasteiger partial charge in [0.2, 0.25) is 23.6 Å². The molecule has 1 aliphatic heterocycles. The quantitative estimate of drug-likeness (QED) is 0.283. The fraction of sp³-hybridized carbons (Fsp3) is 0.370. The van der Waals surface area contributed by atoms with Crippen LogP contribution in [0.1, 0.15) is 32.2 Å². The number of carboxylic acid groups (broad SMARTS) is 1. The highest BCUT2D eigenvalue weighted by molar-refractivity contribution is 5.93. The Morgan fingerprint density at radius 2 is 1.63 bits per heavy atom. The summed E-state index contributed by atoms with van der Waals surface area (Å²) in [6.07, 6.45) is 1.05. The van der Waals surface area contributed by atoms with Gasteiger partial charge in [0.25, 0.3) is 0 Å². The molecule has 5 N–H and O–H groups in total. The minimum Gasteiger partial charge on any atom is -0.508 e. The van der Waals surface area contributed by atoms with Gasteiger partial charge in [-0.15, -0.1) is 0 Å². The van der Waals surface area contributed by atoms with E-state index in [2.05, 4.69) is 16.0 Å². The highest BCUT2D eigenvalue weighted by atomic mass is 16.4. The van der Waals surface area contributed by atoms with Crippen molar-refractivity contribution in [3.8, 4) is 5.75 Å². The van der Waals surface area contributed by atoms with Crippen LogP contribution in [0.5, 0.6) is 5.75 Å². The van der Waals surface area contributed by atoms with Crippen molar-refractivity contribution in [2.24, 2.45) is 0 Å². The van der Waals surface area contributed by atoms with Crippen LogP contribution in [0, 0.1) is 0 Å². The van der Waals surface area contributed by atoms with E-state index in [0.717, 1.165) is 5.56 Å². The molecular formula is C27H32N4O7. The summed E-state index contributed by atoms with van der Waals surface area (Å²) in [5.41, 5.74) is 1.39. The molecule has 1 heterocycles. The maximum Gasteiger partial charge on any atom is 0.326 e. The van der Waals surface area contributed by atoms with Gasteiger partial charge in [-0.2, -0.15) is 0 Å². The maximum atomic E-state index is 13.0. The Hall–Kier alpha value is -4.41. The molecule has 202 valence electrons. The third-order valence-corrected chi connectivity index (χ3v) is 6.21. The molecule has 4 amide bonds. The van der Waals surface area contributed by atoms with Crippen LogP contribution < -0.4 is 16.0 Å². The first-order valence-corrected chi connectivity index (χ1v) is 12.2. The number of benzene rings is 2. The van der Waals surface area contributed by atoms with Gasteiger partial charge in [0.05, 0.1) is 6.54 Å². The number of nitrogens with zero attached hydrogens (tertiary/aromatic N) is 1. The lowest BCUT2D eigenvalue weighted by atomic mass is 10.0. The zero-order valence-electron chi connectivity index (χ0n) is 21.8. The van der Waals surface area contributed by atoms with E-state index in [9.17, 15) is 34.2 Å². The third kappa shape index (κ3) is 8.05. The van der Waals surface area contributed by atoms with Crippen molar-refractivity contribution in [1.82, 2.24) is 20.9 Å². The minimum atomic E-state index is -1.19. The predicted molar refractivity (Wildman–Crippen MR) is 137 cm³/mol. The summed E-state index contributed by atoms with van der Waals surface area (Å²) in [6, 6.07) is 11.8. The molecule has 0 aliphatic carbocycles. The predicted octanol–water partition coefficient (Wildman–Crippen LogP) is 0.359. The van der Waals surface area contributed by atoms with Crippen molar-refractivity contribution in [1.29, 1.82) is 0 Å². The molecule has 2 aromatic rings. The Bertz CT molecular complexity index is 1180. The highest BCUT2D eigenvalue weighted by Crippen LogP contribution is 2.18. The van der Waals surface area contributed by atoms with E-state index >= 15 is 0 Å². The fourth-order valence-electron chi connectivity index (χ4n) is 4.31. The van der Waals surface area contributed by atoms with Crippen molar-refractivity contribution < 1.29 is 35.6 Å². The van der Waals surface area contributed by atoms with Gasteiger partial charge in [-0.3, -0.25) is 19.2 Å². The van der Waals surface area contributed by atoms with Crippen LogP contribution in [0.3, 0.4) is 0 Å². The van der Waals surface area contributed by atoms with Gasteiger partial charge < -0.3 is 31.1 Å². The standard InChI is InChI=1S/C27H32N4O7/c1-17(32)29-21(14-19-9-11-20(33)12-10-19)25(35)28-16-24(34)31-13-5-8-23(31)26(36)30-22(27(37)38)15-18-6-3-2-4-7-18/h2-4,6-7,9-12,21-23,33H,5,8,13-16H2,1H3,(H,28,35)(H,29,32)(H,30,36)(H,37,38)/t21-,22+,23-/m0/s1/i1D. The average molecular weight is 526 g/mol. The van der Waals surface area contributed by atoms with Crippen molar-refractivity contribution in [2.45, 2.75) is 50.7 Å².